The Labute approximate surface area is 185 Å². The highest BCUT2D eigenvalue weighted by Gasteiger charge is 2.10. The van der Waals surface area contributed by atoms with Crippen LogP contribution in [0.3, 0.4) is 0 Å². The molecule has 0 bridgehead atoms. The fourth-order valence-corrected chi connectivity index (χ4v) is 3.78. The first-order chi connectivity index (χ1) is 15.6. The van der Waals surface area contributed by atoms with E-state index in [0.717, 1.165) is 50.7 Å². The van der Waals surface area contributed by atoms with Gasteiger partial charge in [0.15, 0.2) is 0 Å². The first kappa shape index (κ1) is 19.8. The minimum atomic E-state index is -0.0727. The molecule has 0 fully saturated rings. The van der Waals surface area contributed by atoms with E-state index < -0.39 is 0 Å². The summed E-state index contributed by atoms with van der Waals surface area (Å²) >= 11 is 0. The molecular weight excluding hydrogens is 402 g/mol. The third-order valence-corrected chi connectivity index (χ3v) is 5.37. The van der Waals surface area contributed by atoms with Gasteiger partial charge in [-0.25, -0.2) is 9.67 Å². The predicted octanol–water partition coefficient (Wildman–Crippen LogP) is 4.76. The summed E-state index contributed by atoms with van der Waals surface area (Å²) in [5.74, 6) is 0.783. The average Bonchev–Trinajstić information content (AvgIpc) is 3.46. The number of hydrogen-bond donors (Lipinski definition) is 2. The van der Waals surface area contributed by atoms with Crippen molar-refractivity contribution in [1.29, 1.82) is 0 Å². The van der Waals surface area contributed by atoms with E-state index in [-0.39, 0.29) is 6.61 Å². The van der Waals surface area contributed by atoms with Gasteiger partial charge in [-0.1, -0.05) is 18.2 Å². The number of benzene rings is 3. The second-order valence-corrected chi connectivity index (χ2v) is 7.57. The topological polar surface area (TPSA) is 77.1 Å². The first-order valence-corrected chi connectivity index (χ1v) is 10.3. The number of aromatic nitrogens is 4. The monoisotopic (exact) mass is 425 g/mol. The lowest BCUT2D eigenvalue weighted by molar-refractivity contribution is 0.281. The molecule has 0 aliphatic heterocycles. The standard InChI is InChI=1S/C25H23N5O2/c1-17-13-29(16-26-17)24-10-9-20(11-19(24)15-31)27-23-8-3-5-18-14-30(28-25(18)23)21-6-4-7-22(12-21)32-2/h3-14,16,27,31H,15H2,1-2H3. The van der Waals surface area contributed by atoms with Gasteiger partial charge >= 0.3 is 0 Å². The third kappa shape index (κ3) is 3.70. The Morgan fingerprint density at radius 3 is 2.69 bits per heavy atom. The molecule has 0 atom stereocenters. The minimum absolute atomic E-state index is 0.0727. The summed E-state index contributed by atoms with van der Waals surface area (Å²) in [7, 11) is 1.65. The van der Waals surface area contributed by atoms with E-state index in [4.69, 9.17) is 9.84 Å². The lowest BCUT2D eigenvalue weighted by Gasteiger charge is -2.12. The van der Waals surface area contributed by atoms with Gasteiger partial charge in [0, 0.05) is 35.1 Å². The zero-order valence-corrected chi connectivity index (χ0v) is 17.9. The molecule has 0 spiro atoms. The van der Waals surface area contributed by atoms with Gasteiger partial charge in [-0.05, 0) is 43.3 Å². The van der Waals surface area contributed by atoms with E-state index in [2.05, 4.69) is 10.3 Å². The Morgan fingerprint density at radius 2 is 1.91 bits per heavy atom. The van der Waals surface area contributed by atoms with Gasteiger partial charge in [-0.3, -0.25) is 0 Å². The van der Waals surface area contributed by atoms with Crippen LogP contribution in [-0.4, -0.2) is 31.5 Å². The molecule has 0 radical (unpaired) electrons. The summed E-state index contributed by atoms with van der Waals surface area (Å²) < 4.78 is 9.11. The molecule has 7 heteroatoms. The summed E-state index contributed by atoms with van der Waals surface area (Å²) in [6, 6.07) is 19.7. The maximum atomic E-state index is 9.93. The number of nitrogens with zero attached hydrogens (tertiary/aromatic N) is 4. The lowest BCUT2D eigenvalue weighted by atomic mass is 10.1. The molecule has 160 valence electrons. The predicted molar refractivity (Wildman–Crippen MR) is 125 cm³/mol. The van der Waals surface area contributed by atoms with Crippen molar-refractivity contribution in [2.45, 2.75) is 13.5 Å². The Balaban J connectivity index is 1.49. The maximum absolute atomic E-state index is 9.93. The molecule has 5 aromatic rings. The van der Waals surface area contributed by atoms with Crippen molar-refractivity contribution >= 4 is 22.3 Å². The quantitative estimate of drug-likeness (QED) is 0.410. The van der Waals surface area contributed by atoms with E-state index in [1.165, 1.54) is 0 Å². The third-order valence-electron chi connectivity index (χ3n) is 5.37. The Kier molecular flexibility index (Phi) is 5.09. The van der Waals surface area contributed by atoms with Crippen molar-refractivity contribution in [3.05, 3.63) is 90.6 Å². The van der Waals surface area contributed by atoms with Gasteiger partial charge in [-0.15, -0.1) is 0 Å². The molecule has 0 aliphatic rings. The van der Waals surface area contributed by atoms with E-state index in [9.17, 15) is 5.11 Å². The van der Waals surface area contributed by atoms with Crippen LogP contribution in [-0.2, 0) is 6.61 Å². The van der Waals surface area contributed by atoms with Crippen LogP contribution < -0.4 is 10.1 Å². The summed E-state index contributed by atoms with van der Waals surface area (Å²) in [5.41, 5.74) is 6.18. The van der Waals surface area contributed by atoms with Gasteiger partial charge in [0.2, 0.25) is 0 Å². The number of ether oxygens (including phenoxy) is 1. The number of aryl methyl sites for hydroxylation is 1. The number of fused-ring (bicyclic) bond motifs is 1. The van der Waals surface area contributed by atoms with Crippen LogP contribution in [0, 0.1) is 6.92 Å². The Hall–Kier alpha value is -4.10. The number of imidazole rings is 1. The van der Waals surface area contributed by atoms with Crippen LogP contribution in [0.25, 0.3) is 22.3 Å². The fourth-order valence-electron chi connectivity index (χ4n) is 3.78. The minimum Gasteiger partial charge on any atom is -0.497 e. The van der Waals surface area contributed by atoms with Gasteiger partial charge in [0.25, 0.3) is 0 Å². The van der Waals surface area contributed by atoms with Crippen molar-refractivity contribution < 1.29 is 9.84 Å². The van der Waals surface area contributed by atoms with Crippen molar-refractivity contribution in [2.75, 3.05) is 12.4 Å². The van der Waals surface area contributed by atoms with Crippen LogP contribution in [0.2, 0.25) is 0 Å². The molecule has 0 aliphatic carbocycles. The van der Waals surface area contributed by atoms with Crippen LogP contribution in [0.4, 0.5) is 11.4 Å². The second kappa shape index (κ2) is 8.20. The summed E-state index contributed by atoms with van der Waals surface area (Å²) in [5, 5.41) is 19.2. The molecule has 0 saturated heterocycles. The number of nitrogens with one attached hydrogen (secondary N) is 1. The fraction of sp³-hybridized carbons (Fsp3) is 0.120. The second-order valence-electron chi connectivity index (χ2n) is 7.57. The smallest absolute Gasteiger partial charge is 0.121 e. The number of aliphatic hydroxyl groups excluding tert-OH is 1. The SMILES string of the molecule is COc1cccc(-n2cc3cccc(Nc4ccc(-n5cnc(C)c5)c(CO)c4)c3n2)c1. The summed E-state index contributed by atoms with van der Waals surface area (Å²) in [4.78, 5) is 4.28. The highest BCUT2D eigenvalue weighted by atomic mass is 16.5. The van der Waals surface area contributed by atoms with Crippen LogP contribution in [0.15, 0.2) is 79.4 Å². The molecule has 7 nitrogen and oxygen atoms in total. The van der Waals surface area contributed by atoms with E-state index in [1.54, 1.807) is 13.4 Å². The van der Waals surface area contributed by atoms with Crippen molar-refractivity contribution in [1.82, 2.24) is 19.3 Å². The molecule has 2 N–H and O–H groups in total. The van der Waals surface area contributed by atoms with Crippen LogP contribution in [0.1, 0.15) is 11.3 Å². The highest BCUT2D eigenvalue weighted by Crippen LogP contribution is 2.29. The van der Waals surface area contributed by atoms with Gasteiger partial charge in [0.1, 0.15) is 11.3 Å². The zero-order chi connectivity index (χ0) is 22.1. The van der Waals surface area contributed by atoms with Gasteiger partial charge < -0.3 is 19.7 Å². The molecule has 0 saturated carbocycles. The Bertz CT molecular complexity index is 1400. The average molecular weight is 425 g/mol. The summed E-state index contributed by atoms with van der Waals surface area (Å²) in [6.45, 7) is 1.87. The van der Waals surface area contributed by atoms with Gasteiger partial charge in [0.05, 0.1) is 42.8 Å². The molecular formula is C25H23N5O2. The highest BCUT2D eigenvalue weighted by molar-refractivity contribution is 5.92. The molecule has 32 heavy (non-hydrogen) atoms. The molecule has 0 unspecified atom stereocenters. The van der Waals surface area contributed by atoms with Crippen molar-refractivity contribution in [2.24, 2.45) is 0 Å². The van der Waals surface area contributed by atoms with Crippen LogP contribution in [0.5, 0.6) is 5.75 Å². The molecule has 5 rings (SSSR count). The Morgan fingerprint density at radius 1 is 1.03 bits per heavy atom. The van der Waals surface area contributed by atoms with E-state index in [0.29, 0.717) is 0 Å². The molecule has 2 heterocycles. The van der Waals surface area contributed by atoms with Crippen LogP contribution >= 0.6 is 0 Å². The summed E-state index contributed by atoms with van der Waals surface area (Å²) in [6.07, 6.45) is 5.69. The number of hydrogen-bond acceptors (Lipinski definition) is 5. The largest absolute Gasteiger partial charge is 0.497 e. The number of anilines is 2. The zero-order valence-electron chi connectivity index (χ0n) is 17.9. The number of methoxy groups -OCH3 is 1. The molecule has 0 amide bonds. The van der Waals surface area contributed by atoms with E-state index >= 15 is 0 Å². The van der Waals surface area contributed by atoms with E-state index in [1.807, 2.05) is 89.2 Å². The number of rotatable bonds is 6. The number of aliphatic hydroxyl groups is 1. The normalized spacial score (nSPS) is 11.1. The maximum Gasteiger partial charge on any atom is 0.121 e. The lowest BCUT2D eigenvalue weighted by Crippen LogP contribution is -2.00. The molecule has 3 aromatic carbocycles. The molecule has 2 aromatic heterocycles. The first-order valence-electron chi connectivity index (χ1n) is 10.3. The van der Waals surface area contributed by atoms with Gasteiger partial charge in [-0.2, -0.15) is 5.10 Å². The van der Waals surface area contributed by atoms with Crippen molar-refractivity contribution in [3.63, 3.8) is 0 Å². The van der Waals surface area contributed by atoms with Crippen molar-refractivity contribution in [3.8, 4) is 17.1 Å².